The van der Waals surface area contributed by atoms with Crippen molar-refractivity contribution >= 4 is 33.8 Å². The molecule has 2 aliphatic heterocycles. The number of H-pyrrole nitrogens is 1. The van der Waals surface area contributed by atoms with E-state index in [0.29, 0.717) is 5.82 Å². The highest BCUT2D eigenvalue weighted by molar-refractivity contribution is 9.10. The zero-order chi connectivity index (χ0) is 20.5. The number of rotatable bonds is 3. The van der Waals surface area contributed by atoms with Crippen LogP contribution in [0.1, 0.15) is 24.7 Å². The van der Waals surface area contributed by atoms with Crippen molar-refractivity contribution in [2.24, 2.45) is 0 Å². The Kier molecular flexibility index (Phi) is 5.10. The van der Waals surface area contributed by atoms with Gasteiger partial charge in [0.25, 0.3) is 5.91 Å². The van der Waals surface area contributed by atoms with Gasteiger partial charge < -0.3 is 15.4 Å². The van der Waals surface area contributed by atoms with Gasteiger partial charge >= 0.3 is 6.09 Å². The molecule has 2 atom stereocenters. The second kappa shape index (κ2) is 7.70. The Morgan fingerprint density at radius 1 is 1.28 bits per heavy atom. The van der Waals surface area contributed by atoms with Crippen LogP contribution in [-0.2, 0) is 9.59 Å². The molecule has 1 aromatic heterocycles. The van der Waals surface area contributed by atoms with E-state index in [1.807, 2.05) is 24.3 Å². The molecular weight excluding hydrogens is 442 g/mol. The number of fused-ring (bicyclic) bond motifs is 1. The third kappa shape index (κ3) is 3.75. The molecule has 1 saturated heterocycles. The molecule has 0 unspecified atom stereocenters. The molecule has 0 saturated carbocycles. The first kappa shape index (κ1) is 19.2. The summed E-state index contributed by atoms with van der Waals surface area (Å²) in [5, 5.41) is 13.9. The number of halogens is 1. The maximum Gasteiger partial charge on any atom is 0.405 e. The molecule has 0 bridgehead atoms. The van der Waals surface area contributed by atoms with Crippen molar-refractivity contribution in [1.29, 1.82) is 0 Å². The second-order valence-electron chi connectivity index (χ2n) is 6.76. The van der Waals surface area contributed by atoms with Gasteiger partial charge in [0.2, 0.25) is 5.91 Å². The Balaban J connectivity index is 1.67. The SMILES string of the molecule is O=C(O)N[C@H]1CCC(=O)N2CC=C[C@@H](c3ncc(-c4ccc(Br)cc4)[nH]3)N2C1=O. The molecule has 150 valence electrons. The predicted octanol–water partition coefficient (Wildman–Crippen LogP) is 2.45. The van der Waals surface area contributed by atoms with E-state index < -0.39 is 24.1 Å². The van der Waals surface area contributed by atoms with Gasteiger partial charge in [-0.2, -0.15) is 0 Å². The molecule has 2 aromatic rings. The Bertz CT molecular complexity index is 987. The van der Waals surface area contributed by atoms with Gasteiger partial charge in [-0.3, -0.25) is 9.59 Å². The summed E-state index contributed by atoms with van der Waals surface area (Å²) >= 11 is 3.40. The van der Waals surface area contributed by atoms with E-state index in [4.69, 9.17) is 5.11 Å². The molecule has 4 rings (SSSR count). The lowest BCUT2D eigenvalue weighted by molar-refractivity contribution is -0.166. The van der Waals surface area contributed by atoms with Crippen LogP contribution in [0.25, 0.3) is 11.3 Å². The third-order valence-electron chi connectivity index (χ3n) is 4.91. The summed E-state index contributed by atoms with van der Waals surface area (Å²) in [6.07, 6.45) is 4.16. The van der Waals surface area contributed by atoms with E-state index >= 15 is 0 Å². The molecule has 0 aliphatic carbocycles. The number of nitrogens with zero attached hydrogens (tertiary/aromatic N) is 3. The Hall–Kier alpha value is -3.14. The maximum absolute atomic E-state index is 13.1. The quantitative estimate of drug-likeness (QED) is 0.609. The van der Waals surface area contributed by atoms with Crippen molar-refractivity contribution < 1.29 is 19.5 Å². The number of carboxylic acid groups (broad SMARTS) is 1. The van der Waals surface area contributed by atoms with Crippen LogP contribution in [0.5, 0.6) is 0 Å². The van der Waals surface area contributed by atoms with E-state index in [9.17, 15) is 14.4 Å². The number of hydrogen-bond acceptors (Lipinski definition) is 4. The molecule has 1 aromatic carbocycles. The minimum absolute atomic E-state index is 0.0794. The van der Waals surface area contributed by atoms with Gasteiger partial charge in [-0.1, -0.05) is 40.2 Å². The third-order valence-corrected chi connectivity index (χ3v) is 5.44. The zero-order valence-electron chi connectivity index (χ0n) is 15.2. The van der Waals surface area contributed by atoms with Gasteiger partial charge in [0, 0.05) is 10.9 Å². The lowest BCUT2D eigenvalue weighted by Crippen LogP contribution is -2.56. The van der Waals surface area contributed by atoms with Crippen molar-refractivity contribution in [3.8, 4) is 11.3 Å². The predicted molar refractivity (Wildman–Crippen MR) is 106 cm³/mol. The zero-order valence-corrected chi connectivity index (χ0v) is 16.8. The number of carbonyl (C=O) groups excluding carboxylic acids is 2. The number of nitrogens with one attached hydrogen (secondary N) is 2. The first-order valence-electron chi connectivity index (χ1n) is 9.04. The number of aromatic amines is 1. The standard InChI is InChI=1S/C19H18BrN5O4/c20-12-5-3-11(4-6-12)14-10-21-17(22-14)15-2-1-9-24-16(26)8-7-13(23-19(28)29)18(27)25(15)24/h1-6,10,13,15,23H,7-9H2,(H,21,22)(H,28,29)/t13-,15-/m0/s1. The van der Waals surface area contributed by atoms with Crippen LogP contribution in [0.3, 0.4) is 0 Å². The Labute approximate surface area is 174 Å². The van der Waals surface area contributed by atoms with Crippen LogP contribution >= 0.6 is 15.9 Å². The average Bonchev–Trinajstić information content (AvgIpc) is 3.16. The highest BCUT2D eigenvalue weighted by atomic mass is 79.9. The molecule has 3 amide bonds. The molecule has 29 heavy (non-hydrogen) atoms. The van der Waals surface area contributed by atoms with Crippen LogP contribution in [0, 0.1) is 0 Å². The topological polar surface area (TPSA) is 119 Å². The second-order valence-corrected chi connectivity index (χ2v) is 7.68. The van der Waals surface area contributed by atoms with E-state index in [1.165, 1.54) is 10.0 Å². The first-order chi connectivity index (χ1) is 13.9. The number of imidazole rings is 1. The molecule has 2 aliphatic rings. The van der Waals surface area contributed by atoms with Crippen molar-refractivity contribution in [1.82, 2.24) is 25.3 Å². The molecule has 9 nitrogen and oxygen atoms in total. The summed E-state index contributed by atoms with van der Waals surface area (Å²) in [6, 6.07) is 6.06. The molecule has 3 N–H and O–H groups in total. The number of carbonyl (C=O) groups is 3. The van der Waals surface area contributed by atoms with Crippen LogP contribution in [0.4, 0.5) is 4.79 Å². The van der Waals surface area contributed by atoms with E-state index in [2.05, 4.69) is 31.2 Å². The minimum Gasteiger partial charge on any atom is -0.465 e. The van der Waals surface area contributed by atoms with Crippen molar-refractivity contribution in [2.75, 3.05) is 6.54 Å². The molecule has 3 heterocycles. The molecule has 10 heteroatoms. The summed E-state index contributed by atoms with van der Waals surface area (Å²) in [4.78, 5) is 44.4. The van der Waals surface area contributed by atoms with Gasteiger partial charge in [-0.15, -0.1) is 0 Å². The fraction of sp³-hybridized carbons (Fsp3) is 0.263. The highest BCUT2D eigenvalue weighted by Gasteiger charge is 2.41. The summed E-state index contributed by atoms with van der Waals surface area (Å²) in [5.74, 6) is -0.225. The van der Waals surface area contributed by atoms with Crippen LogP contribution < -0.4 is 5.32 Å². The Morgan fingerprint density at radius 2 is 2.03 bits per heavy atom. The van der Waals surface area contributed by atoms with Crippen molar-refractivity contribution in [2.45, 2.75) is 24.9 Å². The summed E-state index contributed by atoms with van der Waals surface area (Å²) in [6.45, 7) is 0.251. The van der Waals surface area contributed by atoms with Crippen LogP contribution in [0.15, 0.2) is 47.1 Å². The van der Waals surface area contributed by atoms with Gasteiger partial charge in [-0.05, 0) is 24.1 Å². The summed E-state index contributed by atoms with van der Waals surface area (Å²) in [5.41, 5.74) is 1.69. The van der Waals surface area contributed by atoms with Gasteiger partial charge in [0.15, 0.2) is 0 Å². The first-order valence-corrected chi connectivity index (χ1v) is 9.83. The fourth-order valence-corrected chi connectivity index (χ4v) is 3.78. The van der Waals surface area contributed by atoms with Crippen molar-refractivity contribution in [3.05, 3.63) is 52.9 Å². The fourth-order valence-electron chi connectivity index (χ4n) is 3.52. The average molecular weight is 460 g/mol. The molecular formula is C19H18BrN5O4. The highest BCUT2D eigenvalue weighted by Crippen LogP contribution is 2.31. The van der Waals surface area contributed by atoms with E-state index in [-0.39, 0.29) is 25.3 Å². The number of hydrogen-bond donors (Lipinski definition) is 3. The normalized spacial score (nSPS) is 21.7. The van der Waals surface area contributed by atoms with E-state index in [0.717, 1.165) is 15.7 Å². The van der Waals surface area contributed by atoms with Crippen LogP contribution in [-0.4, -0.2) is 55.6 Å². The lowest BCUT2D eigenvalue weighted by Gasteiger charge is -2.40. The van der Waals surface area contributed by atoms with Crippen LogP contribution in [0.2, 0.25) is 0 Å². The Morgan fingerprint density at radius 3 is 2.76 bits per heavy atom. The number of hydrazine groups is 1. The number of benzene rings is 1. The maximum atomic E-state index is 13.1. The smallest absolute Gasteiger partial charge is 0.405 e. The van der Waals surface area contributed by atoms with Gasteiger partial charge in [0.1, 0.15) is 17.9 Å². The summed E-state index contributed by atoms with van der Waals surface area (Å²) in [7, 11) is 0. The monoisotopic (exact) mass is 459 g/mol. The van der Waals surface area contributed by atoms with Gasteiger partial charge in [-0.25, -0.2) is 19.8 Å². The lowest BCUT2D eigenvalue weighted by atomic mass is 10.1. The molecule has 1 fully saturated rings. The van der Waals surface area contributed by atoms with E-state index in [1.54, 1.807) is 18.3 Å². The largest absolute Gasteiger partial charge is 0.465 e. The minimum atomic E-state index is -1.30. The summed E-state index contributed by atoms with van der Waals surface area (Å²) < 4.78 is 0.956. The molecule has 0 radical (unpaired) electrons. The van der Waals surface area contributed by atoms with Crippen molar-refractivity contribution in [3.63, 3.8) is 0 Å². The van der Waals surface area contributed by atoms with Gasteiger partial charge in [0.05, 0.1) is 18.4 Å². The molecule has 0 spiro atoms. The number of amides is 3. The number of aromatic nitrogens is 2.